The van der Waals surface area contributed by atoms with Crippen LogP contribution in [0.15, 0.2) is 48.8 Å². The normalized spacial score (nSPS) is 12.5. The summed E-state index contributed by atoms with van der Waals surface area (Å²) in [6, 6.07) is 12.0. The molecule has 0 bridgehead atoms. The number of rotatable bonds is 4. The minimum Gasteiger partial charge on any atom is -0.488 e. The van der Waals surface area contributed by atoms with E-state index in [4.69, 9.17) is 4.74 Å². The topological polar surface area (TPSA) is 47.3 Å². The van der Waals surface area contributed by atoms with Gasteiger partial charge in [0.05, 0.1) is 12.3 Å². The first-order valence-electron chi connectivity index (χ1n) is 6.95. The van der Waals surface area contributed by atoms with Crippen molar-refractivity contribution >= 4 is 10.8 Å². The van der Waals surface area contributed by atoms with Crippen LogP contribution in [0.1, 0.15) is 24.2 Å². The summed E-state index contributed by atoms with van der Waals surface area (Å²) < 4.78 is 7.75. The third kappa shape index (κ3) is 2.76. The molecule has 1 atom stereocenters. The molecule has 1 aromatic heterocycles. The van der Waals surface area contributed by atoms with Crippen LogP contribution in [0.2, 0.25) is 0 Å². The molecule has 108 valence electrons. The quantitative estimate of drug-likeness (QED) is 0.799. The first-order valence-corrected chi connectivity index (χ1v) is 6.95. The maximum Gasteiger partial charge on any atom is 0.133 e. The molecule has 0 amide bonds. The largest absolute Gasteiger partial charge is 0.488 e. The van der Waals surface area contributed by atoms with Crippen molar-refractivity contribution in [2.75, 3.05) is 0 Å². The lowest BCUT2D eigenvalue weighted by Gasteiger charge is -2.15. The summed E-state index contributed by atoms with van der Waals surface area (Å²) in [4.78, 5) is 0. The second-order valence-electron chi connectivity index (χ2n) is 5.19. The summed E-state index contributed by atoms with van der Waals surface area (Å²) in [6.45, 7) is 2.18. The lowest BCUT2D eigenvalue weighted by Crippen LogP contribution is -2.01. The van der Waals surface area contributed by atoms with Crippen LogP contribution in [0.5, 0.6) is 5.75 Å². The maximum atomic E-state index is 9.97. The second kappa shape index (κ2) is 5.58. The third-order valence-electron chi connectivity index (χ3n) is 3.50. The number of aliphatic hydroxyl groups is 1. The molecule has 3 aromatic rings. The third-order valence-corrected chi connectivity index (χ3v) is 3.50. The van der Waals surface area contributed by atoms with Crippen LogP contribution in [0, 0.1) is 0 Å². The molecule has 1 heterocycles. The number of ether oxygens (including phenoxy) is 1. The van der Waals surface area contributed by atoms with Crippen LogP contribution in [-0.4, -0.2) is 14.9 Å². The van der Waals surface area contributed by atoms with Gasteiger partial charge in [-0.2, -0.15) is 5.10 Å². The lowest BCUT2D eigenvalue weighted by atomic mass is 10.0. The molecular formula is C17H18N2O2. The minimum absolute atomic E-state index is 0.432. The Hall–Kier alpha value is -2.33. The molecule has 0 radical (unpaired) electrons. The van der Waals surface area contributed by atoms with E-state index in [-0.39, 0.29) is 0 Å². The molecule has 0 fully saturated rings. The van der Waals surface area contributed by atoms with E-state index in [1.165, 1.54) is 0 Å². The number of aromatic nitrogens is 2. The van der Waals surface area contributed by atoms with E-state index in [2.05, 4.69) is 5.10 Å². The van der Waals surface area contributed by atoms with Gasteiger partial charge in [0.1, 0.15) is 12.4 Å². The van der Waals surface area contributed by atoms with Crippen molar-refractivity contribution in [2.45, 2.75) is 19.6 Å². The Kier molecular flexibility index (Phi) is 3.62. The van der Waals surface area contributed by atoms with Gasteiger partial charge < -0.3 is 9.84 Å². The highest BCUT2D eigenvalue weighted by atomic mass is 16.5. The molecular weight excluding hydrogens is 264 g/mol. The fourth-order valence-corrected chi connectivity index (χ4v) is 2.45. The molecule has 1 N–H and O–H groups in total. The van der Waals surface area contributed by atoms with Crippen molar-refractivity contribution < 1.29 is 9.84 Å². The first-order chi connectivity index (χ1) is 10.1. The predicted octanol–water partition coefficient (Wildman–Crippen LogP) is 3.21. The van der Waals surface area contributed by atoms with Gasteiger partial charge in [0.2, 0.25) is 0 Å². The van der Waals surface area contributed by atoms with Gasteiger partial charge in [-0.05, 0) is 12.3 Å². The van der Waals surface area contributed by atoms with Crippen molar-refractivity contribution in [1.29, 1.82) is 0 Å². The number of fused-ring (bicyclic) bond motifs is 1. The van der Waals surface area contributed by atoms with Gasteiger partial charge in [-0.25, -0.2) is 0 Å². The Bertz CT molecular complexity index is 762. The summed E-state index contributed by atoms with van der Waals surface area (Å²) in [5.41, 5.74) is 1.81. The van der Waals surface area contributed by atoms with Gasteiger partial charge in [-0.15, -0.1) is 0 Å². The average molecular weight is 282 g/mol. The molecule has 0 aliphatic heterocycles. The standard InChI is InChI=1S/C17H18N2O2/c1-12(20)15-8-7-14-5-3-4-6-16(14)17(15)21-11-13-9-18-19(2)10-13/h3-10,12,20H,11H2,1-2H3. The maximum absolute atomic E-state index is 9.97. The van der Waals surface area contributed by atoms with Gasteiger partial charge >= 0.3 is 0 Å². The van der Waals surface area contributed by atoms with E-state index in [0.29, 0.717) is 6.61 Å². The van der Waals surface area contributed by atoms with Gasteiger partial charge in [-0.1, -0.05) is 36.4 Å². The smallest absolute Gasteiger partial charge is 0.133 e. The molecule has 1 unspecified atom stereocenters. The zero-order chi connectivity index (χ0) is 14.8. The molecule has 4 nitrogen and oxygen atoms in total. The fourth-order valence-electron chi connectivity index (χ4n) is 2.45. The Morgan fingerprint density at radius 2 is 2.05 bits per heavy atom. The fraction of sp³-hybridized carbons (Fsp3) is 0.235. The second-order valence-corrected chi connectivity index (χ2v) is 5.19. The number of hydrogen-bond donors (Lipinski definition) is 1. The number of hydrogen-bond acceptors (Lipinski definition) is 3. The number of benzene rings is 2. The first kappa shape index (κ1) is 13.6. The van der Waals surface area contributed by atoms with Crippen LogP contribution in [0.4, 0.5) is 0 Å². The molecule has 2 aromatic carbocycles. The van der Waals surface area contributed by atoms with E-state index in [1.54, 1.807) is 17.8 Å². The van der Waals surface area contributed by atoms with Crippen LogP contribution in [0.3, 0.4) is 0 Å². The van der Waals surface area contributed by atoms with Gasteiger partial charge in [-0.3, -0.25) is 4.68 Å². The van der Waals surface area contributed by atoms with Gasteiger partial charge in [0, 0.05) is 29.8 Å². The van der Waals surface area contributed by atoms with E-state index in [0.717, 1.165) is 27.6 Å². The van der Waals surface area contributed by atoms with Gasteiger partial charge in [0.25, 0.3) is 0 Å². The summed E-state index contributed by atoms with van der Waals surface area (Å²) in [5.74, 6) is 0.743. The molecule has 0 aliphatic rings. The highest BCUT2D eigenvalue weighted by Crippen LogP contribution is 2.34. The molecule has 0 saturated carbocycles. The average Bonchev–Trinajstić information content (AvgIpc) is 2.90. The Morgan fingerprint density at radius 3 is 2.76 bits per heavy atom. The Labute approximate surface area is 123 Å². The summed E-state index contributed by atoms with van der Waals surface area (Å²) >= 11 is 0. The number of nitrogens with zero attached hydrogens (tertiary/aromatic N) is 2. The number of aliphatic hydroxyl groups excluding tert-OH is 1. The summed E-state index contributed by atoms with van der Waals surface area (Å²) in [7, 11) is 1.88. The van der Waals surface area contributed by atoms with Crippen molar-refractivity contribution in [3.05, 3.63) is 59.9 Å². The molecule has 0 aliphatic carbocycles. The van der Waals surface area contributed by atoms with Crippen molar-refractivity contribution in [1.82, 2.24) is 9.78 Å². The number of aryl methyl sites for hydroxylation is 1. The minimum atomic E-state index is -0.571. The Balaban J connectivity index is 1.99. The molecule has 0 spiro atoms. The molecule has 4 heteroatoms. The highest BCUT2D eigenvalue weighted by molar-refractivity contribution is 5.89. The van der Waals surface area contributed by atoms with Crippen molar-refractivity contribution in [2.24, 2.45) is 7.05 Å². The predicted molar refractivity (Wildman–Crippen MR) is 82.1 cm³/mol. The van der Waals surface area contributed by atoms with Crippen molar-refractivity contribution in [3.63, 3.8) is 0 Å². The van der Waals surface area contributed by atoms with Crippen LogP contribution < -0.4 is 4.74 Å². The van der Waals surface area contributed by atoms with E-state index in [9.17, 15) is 5.11 Å². The van der Waals surface area contributed by atoms with E-state index >= 15 is 0 Å². The molecule has 0 saturated heterocycles. The van der Waals surface area contributed by atoms with Gasteiger partial charge in [0.15, 0.2) is 0 Å². The van der Waals surface area contributed by atoms with Crippen LogP contribution >= 0.6 is 0 Å². The zero-order valence-corrected chi connectivity index (χ0v) is 12.2. The van der Waals surface area contributed by atoms with Crippen LogP contribution in [-0.2, 0) is 13.7 Å². The highest BCUT2D eigenvalue weighted by Gasteiger charge is 2.13. The molecule has 3 rings (SSSR count). The summed E-state index contributed by atoms with van der Waals surface area (Å²) in [5, 5.41) is 16.2. The van der Waals surface area contributed by atoms with E-state index < -0.39 is 6.10 Å². The van der Waals surface area contributed by atoms with Crippen molar-refractivity contribution in [3.8, 4) is 5.75 Å². The lowest BCUT2D eigenvalue weighted by molar-refractivity contribution is 0.191. The van der Waals surface area contributed by atoms with E-state index in [1.807, 2.05) is 49.6 Å². The SMILES string of the molecule is CC(O)c1ccc2ccccc2c1OCc1cnn(C)c1. The molecule has 21 heavy (non-hydrogen) atoms. The van der Waals surface area contributed by atoms with Crippen LogP contribution in [0.25, 0.3) is 10.8 Å². The summed E-state index contributed by atoms with van der Waals surface area (Å²) in [6.07, 6.45) is 3.14. The Morgan fingerprint density at radius 1 is 1.24 bits per heavy atom. The zero-order valence-electron chi connectivity index (χ0n) is 12.2. The monoisotopic (exact) mass is 282 g/mol.